The van der Waals surface area contributed by atoms with Gasteiger partial charge in [-0.15, -0.1) is 21.5 Å². The predicted octanol–water partition coefficient (Wildman–Crippen LogP) is 4.63. The van der Waals surface area contributed by atoms with E-state index >= 15 is 0 Å². The third-order valence-corrected chi connectivity index (χ3v) is 5.68. The molecule has 0 unspecified atom stereocenters. The molecule has 0 radical (unpaired) electrons. The van der Waals surface area contributed by atoms with Crippen molar-refractivity contribution in [2.75, 3.05) is 5.32 Å². The van der Waals surface area contributed by atoms with Crippen LogP contribution in [0.2, 0.25) is 0 Å². The van der Waals surface area contributed by atoms with Crippen molar-refractivity contribution < 1.29 is 4.79 Å². The number of nitrogens with zero attached hydrogens (tertiary/aromatic N) is 2. The Kier molecular flexibility index (Phi) is 4.21. The smallest absolute Gasteiger partial charge is 0.321 e. The zero-order valence-electron chi connectivity index (χ0n) is 13.3. The summed E-state index contributed by atoms with van der Waals surface area (Å²) in [6.07, 6.45) is 1.90. The van der Waals surface area contributed by atoms with Crippen LogP contribution >= 0.6 is 22.7 Å². The molecule has 1 atom stereocenters. The van der Waals surface area contributed by atoms with Crippen LogP contribution in [0, 0.1) is 0 Å². The second kappa shape index (κ2) is 6.66. The quantitative estimate of drug-likeness (QED) is 0.490. The Labute approximate surface area is 151 Å². The van der Waals surface area contributed by atoms with Gasteiger partial charge in [0, 0.05) is 11.7 Å². The maximum absolute atomic E-state index is 12.2. The van der Waals surface area contributed by atoms with Crippen LogP contribution in [0.5, 0.6) is 0 Å². The maximum Gasteiger partial charge on any atom is 0.321 e. The first-order chi connectivity index (χ1) is 12.2. The first-order valence-electron chi connectivity index (χ1n) is 7.71. The highest BCUT2D eigenvalue weighted by Crippen LogP contribution is 2.29. The number of H-pyrrole nitrogens is 1. The SMILES string of the molecule is C[C@H](NC(=O)Nc1nnc(-c2cccs2)s1)c1ccc2[nH]ccc2c1. The highest BCUT2D eigenvalue weighted by Gasteiger charge is 2.13. The molecule has 0 spiro atoms. The Balaban J connectivity index is 1.41. The fourth-order valence-electron chi connectivity index (χ4n) is 2.53. The van der Waals surface area contributed by atoms with Crippen molar-refractivity contribution in [2.45, 2.75) is 13.0 Å². The minimum atomic E-state index is -0.296. The molecule has 3 heterocycles. The number of fused-ring (bicyclic) bond motifs is 1. The highest BCUT2D eigenvalue weighted by molar-refractivity contribution is 7.23. The number of aromatic amines is 1. The zero-order valence-corrected chi connectivity index (χ0v) is 14.9. The van der Waals surface area contributed by atoms with E-state index in [0.717, 1.165) is 26.4 Å². The fraction of sp³-hybridized carbons (Fsp3) is 0.118. The molecule has 4 aromatic rings. The van der Waals surface area contributed by atoms with Crippen molar-refractivity contribution in [3.8, 4) is 9.88 Å². The van der Waals surface area contributed by atoms with Gasteiger partial charge in [0.1, 0.15) is 0 Å². The molecule has 2 amide bonds. The van der Waals surface area contributed by atoms with Gasteiger partial charge in [0.05, 0.1) is 10.9 Å². The van der Waals surface area contributed by atoms with Gasteiger partial charge in [0.25, 0.3) is 0 Å². The Morgan fingerprint density at radius 1 is 1.24 bits per heavy atom. The van der Waals surface area contributed by atoms with E-state index in [1.807, 2.05) is 48.8 Å². The Morgan fingerprint density at radius 3 is 3.00 bits per heavy atom. The van der Waals surface area contributed by atoms with Gasteiger partial charge >= 0.3 is 6.03 Å². The van der Waals surface area contributed by atoms with E-state index in [1.54, 1.807) is 11.3 Å². The average molecular weight is 369 g/mol. The van der Waals surface area contributed by atoms with Gasteiger partial charge in [0.15, 0.2) is 5.01 Å². The first kappa shape index (κ1) is 15.8. The second-order valence-corrected chi connectivity index (χ2v) is 7.46. The van der Waals surface area contributed by atoms with Crippen molar-refractivity contribution in [3.63, 3.8) is 0 Å². The summed E-state index contributed by atoms with van der Waals surface area (Å²) < 4.78 is 0. The lowest BCUT2D eigenvalue weighted by molar-refractivity contribution is 0.249. The Morgan fingerprint density at radius 2 is 2.16 bits per heavy atom. The fourth-order valence-corrected chi connectivity index (χ4v) is 4.06. The lowest BCUT2D eigenvalue weighted by Gasteiger charge is -2.14. The molecule has 8 heteroatoms. The number of aromatic nitrogens is 3. The van der Waals surface area contributed by atoms with Crippen LogP contribution in [-0.2, 0) is 0 Å². The van der Waals surface area contributed by atoms with Gasteiger partial charge in [-0.05, 0) is 47.5 Å². The zero-order chi connectivity index (χ0) is 17.2. The van der Waals surface area contributed by atoms with Crippen LogP contribution in [0.25, 0.3) is 20.8 Å². The summed E-state index contributed by atoms with van der Waals surface area (Å²) in [7, 11) is 0. The minimum Gasteiger partial charge on any atom is -0.361 e. The third-order valence-electron chi connectivity index (χ3n) is 3.80. The normalized spacial score (nSPS) is 12.2. The van der Waals surface area contributed by atoms with Gasteiger partial charge in [0.2, 0.25) is 5.13 Å². The molecule has 0 saturated heterocycles. The summed E-state index contributed by atoms with van der Waals surface area (Å²) in [6.45, 7) is 1.95. The van der Waals surface area contributed by atoms with E-state index < -0.39 is 0 Å². The van der Waals surface area contributed by atoms with Crippen molar-refractivity contribution in [3.05, 3.63) is 53.5 Å². The minimum absolute atomic E-state index is 0.121. The van der Waals surface area contributed by atoms with Crippen molar-refractivity contribution >= 4 is 44.7 Å². The van der Waals surface area contributed by atoms with Crippen LogP contribution in [0.15, 0.2) is 48.0 Å². The summed E-state index contributed by atoms with van der Waals surface area (Å²) in [5, 5.41) is 18.2. The maximum atomic E-state index is 12.2. The molecule has 3 aromatic heterocycles. The number of benzene rings is 1. The van der Waals surface area contributed by atoms with Crippen LogP contribution in [0.3, 0.4) is 0 Å². The molecule has 126 valence electrons. The molecule has 0 fully saturated rings. The molecule has 0 saturated carbocycles. The second-order valence-electron chi connectivity index (χ2n) is 5.53. The van der Waals surface area contributed by atoms with E-state index in [9.17, 15) is 4.79 Å². The number of rotatable bonds is 4. The molecule has 6 nitrogen and oxygen atoms in total. The Hall–Kier alpha value is -2.71. The van der Waals surface area contributed by atoms with Gasteiger partial charge < -0.3 is 10.3 Å². The predicted molar refractivity (Wildman–Crippen MR) is 102 cm³/mol. The first-order valence-corrected chi connectivity index (χ1v) is 9.40. The van der Waals surface area contributed by atoms with Crippen molar-refractivity contribution in [1.29, 1.82) is 0 Å². The van der Waals surface area contributed by atoms with E-state index in [4.69, 9.17) is 0 Å². The molecule has 0 aliphatic carbocycles. The number of hydrogen-bond acceptors (Lipinski definition) is 5. The van der Waals surface area contributed by atoms with E-state index in [2.05, 4.69) is 31.9 Å². The molecule has 4 rings (SSSR count). The molecular weight excluding hydrogens is 354 g/mol. The molecule has 25 heavy (non-hydrogen) atoms. The van der Waals surface area contributed by atoms with Crippen molar-refractivity contribution in [2.24, 2.45) is 0 Å². The third kappa shape index (κ3) is 3.40. The average Bonchev–Trinajstić information content (AvgIpc) is 3.34. The highest BCUT2D eigenvalue weighted by atomic mass is 32.1. The topological polar surface area (TPSA) is 82.7 Å². The number of anilines is 1. The van der Waals surface area contributed by atoms with Gasteiger partial charge in [-0.25, -0.2) is 4.79 Å². The standard InChI is InChI=1S/C17H15N5OS2/c1-10(11-4-5-13-12(9-11)6-7-18-13)19-16(23)20-17-22-21-15(25-17)14-3-2-8-24-14/h2-10,18H,1H3,(H2,19,20,22,23)/t10-/m0/s1. The van der Waals surface area contributed by atoms with Crippen LogP contribution in [0.1, 0.15) is 18.5 Å². The van der Waals surface area contributed by atoms with Gasteiger partial charge in [-0.1, -0.05) is 23.5 Å². The van der Waals surface area contributed by atoms with Gasteiger partial charge in [-0.3, -0.25) is 5.32 Å². The van der Waals surface area contributed by atoms with E-state index in [1.165, 1.54) is 11.3 Å². The number of thiophene rings is 1. The number of hydrogen-bond donors (Lipinski definition) is 3. The lowest BCUT2D eigenvalue weighted by Crippen LogP contribution is -2.31. The van der Waals surface area contributed by atoms with Gasteiger partial charge in [-0.2, -0.15) is 0 Å². The molecular formula is C17H15N5OS2. The molecule has 0 bridgehead atoms. The lowest BCUT2D eigenvalue weighted by atomic mass is 10.1. The van der Waals surface area contributed by atoms with Crippen LogP contribution < -0.4 is 10.6 Å². The molecule has 1 aromatic carbocycles. The number of urea groups is 1. The molecule has 0 aliphatic heterocycles. The summed E-state index contributed by atoms with van der Waals surface area (Å²) in [5.74, 6) is 0. The molecule has 0 aliphatic rings. The monoisotopic (exact) mass is 369 g/mol. The largest absolute Gasteiger partial charge is 0.361 e. The summed E-state index contributed by atoms with van der Waals surface area (Å²) in [6, 6.07) is 11.6. The number of amides is 2. The summed E-state index contributed by atoms with van der Waals surface area (Å²) in [5.41, 5.74) is 2.12. The summed E-state index contributed by atoms with van der Waals surface area (Å²) in [4.78, 5) is 16.4. The Bertz CT molecular complexity index is 1010. The summed E-state index contributed by atoms with van der Waals surface area (Å²) >= 11 is 2.95. The molecule has 3 N–H and O–H groups in total. The van der Waals surface area contributed by atoms with E-state index in [-0.39, 0.29) is 12.1 Å². The van der Waals surface area contributed by atoms with Crippen molar-refractivity contribution in [1.82, 2.24) is 20.5 Å². The number of carbonyl (C=O) groups excluding carboxylic acids is 1. The number of carbonyl (C=O) groups is 1. The van der Waals surface area contributed by atoms with Crippen LogP contribution in [-0.4, -0.2) is 21.2 Å². The number of nitrogens with one attached hydrogen (secondary N) is 3. The van der Waals surface area contributed by atoms with E-state index in [0.29, 0.717) is 5.13 Å². The van der Waals surface area contributed by atoms with Crippen LogP contribution in [0.4, 0.5) is 9.93 Å².